The summed E-state index contributed by atoms with van der Waals surface area (Å²) in [6, 6.07) is 2.07. The van der Waals surface area contributed by atoms with E-state index >= 15 is 0 Å². The van der Waals surface area contributed by atoms with Crippen LogP contribution in [0.1, 0.15) is 25.3 Å². The van der Waals surface area contributed by atoms with Crippen molar-refractivity contribution in [3.8, 4) is 0 Å². The molecule has 3 heteroatoms. The molecule has 0 fully saturated rings. The number of fused-ring (bicyclic) bond motifs is 1. The zero-order valence-electron chi connectivity index (χ0n) is 7.23. The van der Waals surface area contributed by atoms with Crippen LogP contribution in [0.2, 0.25) is 0 Å². The van der Waals surface area contributed by atoms with Crippen molar-refractivity contribution in [3.05, 3.63) is 30.2 Å². The predicted molar refractivity (Wildman–Crippen MR) is 47.1 cm³/mol. The van der Waals surface area contributed by atoms with Gasteiger partial charge in [-0.05, 0) is 17.5 Å². The van der Waals surface area contributed by atoms with Crippen LogP contribution in [0.15, 0.2) is 24.7 Å². The van der Waals surface area contributed by atoms with E-state index < -0.39 is 0 Å². The second kappa shape index (κ2) is 2.59. The number of nitrogens with zero attached hydrogens (tertiary/aromatic N) is 3. The number of aromatic nitrogens is 3. The average Bonchev–Trinajstić information content (AvgIpc) is 2.46. The molecular formula is C9H11N3. The Morgan fingerprint density at radius 3 is 2.92 bits per heavy atom. The molecule has 62 valence electrons. The van der Waals surface area contributed by atoms with E-state index in [1.165, 1.54) is 5.56 Å². The molecule has 2 aromatic heterocycles. The standard InChI is InChI=1S/C9H11N3/c1-7(2)8-5-9-11-10-3-4-12(9)6-8/h3-7H,1-2H3. The highest BCUT2D eigenvalue weighted by Gasteiger charge is 2.02. The molecule has 0 aliphatic rings. The van der Waals surface area contributed by atoms with Crippen molar-refractivity contribution in [1.29, 1.82) is 0 Å². The van der Waals surface area contributed by atoms with Gasteiger partial charge in [0.25, 0.3) is 0 Å². The molecule has 0 saturated heterocycles. The van der Waals surface area contributed by atoms with Crippen molar-refractivity contribution in [2.75, 3.05) is 0 Å². The minimum atomic E-state index is 0.548. The lowest BCUT2D eigenvalue weighted by atomic mass is 10.1. The molecule has 2 heterocycles. The Balaban J connectivity index is 2.62. The summed E-state index contributed by atoms with van der Waals surface area (Å²) in [4.78, 5) is 0. The van der Waals surface area contributed by atoms with Gasteiger partial charge in [-0.1, -0.05) is 13.8 Å². The van der Waals surface area contributed by atoms with Crippen LogP contribution in [0.5, 0.6) is 0 Å². The fourth-order valence-electron chi connectivity index (χ4n) is 1.20. The van der Waals surface area contributed by atoms with Gasteiger partial charge in [-0.25, -0.2) is 0 Å². The molecule has 0 spiro atoms. The van der Waals surface area contributed by atoms with Gasteiger partial charge in [-0.15, -0.1) is 5.10 Å². The van der Waals surface area contributed by atoms with Gasteiger partial charge in [-0.2, -0.15) is 5.10 Å². The van der Waals surface area contributed by atoms with E-state index in [9.17, 15) is 0 Å². The average molecular weight is 161 g/mol. The Labute approximate surface area is 71.1 Å². The summed E-state index contributed by atoms with van der Waals surface area (Å²) >= 11 is 0. The Kier molecular flexibility index (Phi) is 1.57. The summed E-state index contributed by atoms with van der Waals surface area (Å²) in [5.74, 6) is 0.548. The molecule has 12 heavy (non-hydrogen) atoms. The topological polar surface area (TPSA) is 30.2 Å². The maximum atomic E-state index is 4.00. The highest BCUT2D eigenvalue weighted by molar-refractivity contribution is 5.42. The zero-order valence-corrected chi connectivity index (χ0v) is 7.23. The summed E-state index contributed by atoms with van der Waals surface area (Å²) in [6.07, 6.45) is 5.69. The maximum absolute atomic E-state index is 4.00. The third kappa shape index (κ3) is 1.07. The highest BCUT2D eigenvalue weighted by atomic mass is 15.2. The SMILES string of the molecule is CC(C)c1cc2nnccn2c1. The summed E-state index contributed by atoms with van der Waals surface area (Å²) in [6.45, 7) is 4.34. The first-order chi connectivity index (χ1) is 5.77. The first-order valence-electron chi connectivity index (χ1n) is 4.06. The van der Waals surface area contributed by atoms with E-state index in [4.69, 9.17) is 0 Å². The quantitative estimate of drug-likeness (QED) is 0.639. The number of rotatable bonds is 1. The maximum Gasteiger partial charge on any atom is 0.159 e. The van der Waals surface area contributed by atoms with Crippen molar-refractivity contribution in [2.24, 2.45) is 0 Å². The Bertz CT molecular complexity index is 356. The second-order valence-electron chi connectivity index (χ2n) is 3.21. The highest BCUT2D eigenvalue weighted by Crippen LogP contribution is 2.16. The van der Waals surface area contributed by atoms with Crippen molar-refractivity contribution >= 4 is 5.65 Å². The molecule has 0 amide bonds. The zero-order chi connectivity index (χ0) is 8.55. The molecule has 0 aromatic carbocycles. The minimum Gasteiger partial charge on any atom is -0.305 e. The Hall–Kier alpha value is -1.38. The van der Waals surface area contributed by atoms with Crippen LogP contribution in [0.4, 0.5) is 0 Å². The van der Waals surface area contributed by atoms with Gasteiger partial charge in [-0.3, -0.25) is 0 Å². The van der Waals surface area contributed by atoms with Crippen LogP contribution in [0, 0.1) is 0 Å². The lowest BCUT2D eigenvalue weighted by Gasteiger charge is -1.96. The molecule has 0 aliphatic heterocycles. The first kappa shape index (κ1) is 7.28. The van der Waals surface area contributed by atoms with Gasteiger partial charge >= 0.3 is 0 Å². The first-order valence-corrected chi connectivity index (χ1v) is 4.06. The third-order valence-electron chi connectivity index (χ3n) is 1.97. The van der Waals surface area contributed by atoms with Gasteiger partial charge in [0.2, 0.25) is 0 Å². The van der Waals surface area contributed by atoms with Gasteiger partial charge < -0.3 is 4.40 Å². The van der Waals surface area contributed by atoms with Crippen LogP contribution in [-0.2, 0) is 0 Å². The van der Waals surface area contributed by atoms with Gasteiger partial charge in [0.05, 0.1) is 6.20 Å². The molecule has 0 unspecified atom stereocenters. The van der Waals surface area contributed by atoms with Crippen LogP contribution >= 0.6 is 0 Å². The Morgan fingerprint density at radius 2 is 2.25 bits per heavy atom. The molecule has 0 aliphatic carbocycles. The van der Waals surface area contributed by atoms with Gasteiger partial charge in [0.1, 0.15) is 0 Å². The normalized spacial score (nSPS) is 11.2. The lowest BCUT2D eigenvalue weighted by molar-refractivity contribution is 0.865. The monoisotopic (exact) mass is 161 g/mol. The molecule has 0 saturated carbocycles. The van der Waals surface area contributed by atoms with E-state index in [1.54, 1.807) is 6.20 Å². The van der Waals surface area contributed by atoms with Gasteiger partial charge in [0, 0.05) is 12.4 Å². The van der Waals surface area contributed by atoms with E-state index in [-0.39, 0.29) is 0 Å². The van der Waals surface area contributed by atoms with E-state index in [2.05, 4.69) is 36.3 Å². The Morgan fingerprint density at radius 1 is 1.42 bits per heavy atom. The smallest absolute Gasteiger partial charge is 0.159 e. The molecule has 0 radical (unpaired) electrons. The molecule has 2 rings (SSSR count). The summed E-state index contributed by atoms with van der Waals surface area (Å²) in [5.41, 5.74) is 2.22. The minimum absolute atomic E-state index is 0.548. The predicted octanol–water partition coefficient (Wildman–Crippen LogP) is 1.85. The fraction of sp³-hybridized carbons (Fsp3) is 0.333. The molecular weight excluding hydrogens is 150 g/mol. The molecule has 0 atom stereocenters. The largest absolute Gasteiger partial charge is 0.305 e. The van der Waals surface area contributed by atoms with Crippen LogP contribution < -0.4 is 0 Å². The second-order valence-corrected chi connectivity index (χ2v) is 3.21. The van der Waals surface area contributed by atoms with Crippen LogP contribution in [0.25, 0.3) is 5.65 Å². The summed E-state index contributed by atoms with van der Waals surface area (Å²) in [7, 11) is 0. The number of hydrogen-bond donors (Lipinski definition) is 0. The van der Waals surface area contributed by atoms with Crippen LogP contribution in [0.3, 0.4) is 0 Å². The third-order valence-corrected chi connectivity index (χ3v) is 1.97. The van der Waals surface area contributed by atoms with Gasteiger partial charge in [0.15, 0.2) is 5.65 Å². The van der Waals surface area contributed by atoms with Crippen molar-refractivity contribution in [3.63, 3.8) is 0 Å². The van der Waals surface area contributed by atoms with E-state index in [0.29, 0.717) is 5.92 Å². The number of hydrogen-bond acceptors (Lipinski definition) is 2. The van der Waals surface area contributed by atoms with E-state index in [1.807, 2.05) is 10.6 Å². The van der Waals surface area contributed by atoms with Crippen molar-refractivity contribution in [1.82, 2.24) is 14.6 Å². The van der Waals surface area contributed by atoms with Crippen molar-refractivity contribution in [2.45, 2.75) is 19.8 Å². The summed E-state index contributed by atoms with van der Waals surface area (Å²) < 4.78 is 1.99. The molecule has 3 nitrogen and oxygen atoms in total. The van der Waals surface area contributed by atoms with E-state index in [0.717, 1.165) is 5.65 Å². The van der Waals surface area contributed by atoms with Crippen molar-refractivity contribution < 1.29 is 0 Å². The molecule has 0 N–H and O–H groups in total. The van der Waals surface area contributed by atoms with Crippen LogP contribution in [-0.4, -0.2) is 14.6 Å². The fourth-order valence-corrected chi connectivity index (χ4v) is 1.20. The molecule has 2 aromatic rings. The molecule has 0 bridgehead atoms. The summed E-state index contributed by atoms with van der Waals surface area (Å²) in [5, 5.41) is 7.81. The lowest BCUT2D eigenvalue weighted by Crippen LogP contribution is -1.86.